The summed E-state index contributed by atoms with van der Waals surface area (Å²) >= 11 is 7.41. The van der Waals surface area contributed by atoms with Crippen LogP contribution in [0.1, 0.15) is 4.88 Å². The van der Waals surface area contributed by atoms with Crippen molar-refractivity contribution < 1.29 is 4.74 Å². The van der Waals surface area contributed by atoms with Gasteiger partial charge in [0.05, 0.1) is 23.6 Å². The van der Waals surface area contributed by atoms with E-state index in [1.165, 1.54) is 0 Å². The topological polar surface area (TPSA) is 34.1 Å². The molecule has 1 N–H and O–H groups in total. The Labute approximate surface area is 103 Å². The number of rotatable bonds is 4. The molecule has 0 fully saturated rings. The van der Waals surface area contributed by atoms with Crippen LogP contribution in [0.3, 0.4) is 0 Å². The van der Waals surface area contributed by atoms with E-state index in [1.807, 2.05) is 23.6 Å². The van der Waals surface area contributed by atoms with Crippen molar-refractivity contribution >= 4 is 28.8 Å². The fraction of sp³-hybridized carbons (Fsp3) is 0.182. The highest BCUT2D eigenvalue weighted by molar-refractivity contribution is 7.10. The third-order valence-electron chi connectivity index (χ3n) is 2.08. The van der Waals surface area contributed by atoms with Gasteiger partial charge in [0.25, 0.3) is 0 Å². The summed E-state index contributed by atoms with van der Waals surface area (Å²) in [4.78, 5) is 5.31. The molecule has 84 valence electrons. The summed E-state index contributed by atoms with van der Waals surface area (Å²) in [5.74, 6) is 1.71. The average Bonchev–Trinajstić information content (AvgIpc) is 2.76. The lowest BCUT2D eigenvalue weighted by molar-refractivity contribution is 0.413. The zero-order valence-corrected chi connectivity index (χ0v) is 10.3. The van der Waals surface area contributed by atoms with Crippen LogP contribution in [0.4, 0.5) is 5.82 Å². The van der Waals surface area contributed by atoms with E-state index in [9.17, 15) is 0 Å². The molecule has 16 heavy (non-hydrogen) atoms. The van der Waals surface area contributed by atoms with Crippen molar-refractivity contribution in [3.05, 3.63) is 39.7 Å². The van der Waals surface area contributed by atoms with Gasteiger partial charge in [-0.1, -0.05) is 11.6 Å². The van der Waals surface area contributed by atoms with Crippen molar-refractivity contribution in [2.24, 2.45) is 0 Å². The van der Waals surface area contributed by atoms with Crippen LogP contribution in [0, 0.1) is 0 Å². The van der Waals surface area contributed by atoms with Crippen molar-refractivity contribution in [1.82, 2.24) is 4.98 Å². The second-order valence-corrected chi connectivity index (χ2v) is 4.56. The molecule has 0 atom stereocenters. The van der Waals surface area contributed by atoms with Crippen LogP contribution in [0.15, 0.2) is 29.8 Å². The maximum atomic E-state index is 5.75. The van der Waals surface area contributed by atoms with E-state index >= 15 is 0 Å². The highest BCUT2D eigenvalue weighted by Crippen LogP contribution is 2.25. The largest absolute Gasteiger partial charge is 0.496 e. The summed E-state index contributed by atoms with van der Waals surface area (Å²) in [7, 11) is 1.67. The Kier molecular flexibility index (Phi) is 3.64. The molecular formula is C11H11ClN2OS. The number of nitrogens with zero attached hydrogens (tertiary/aromatic N) is 1. The van der Waals surface area contributed by atoms with Gasteiger partial charge in [-0.2, -0.15) is 0 Å². The summed E-state index contributed by atoms with van der Waals surface area (Å²) in [5.41, 5.74) is 0. The summed E-state index contributed by atoms with van der Waals surface area (Å²) in [6, 6.07) is 5.61. The lowest BCUT2D eigenvalue weighted by atomic mass is 10.4. The number of methoxy groups -OCH3 is 1. The van der Waals surface area contributed by atoms with Gasteiger partial charge < -0.3 is 10.1 Å². The first-order chi connectivity index (χ1) is 7.79. The molecule has 3 nitrogen and oxygen atoms in total. The minimum absolute atomic E-state index is 0.638. The van der Waals surface area contributed by atoms with Crippen molar-refractivity contribution in [2.45, 2.75) is 6.54 Å². The van der Waals surface area contributed by atoms with Gasteiger partial charge in [-0.15, -0.1) is 11.3 Å². The van der Waals surface area contributed by atoms with Crippen molar-refractivity contribution in [1.29, 1.82) is 0 Å². The average molecular weight is 255 g/mol. The molecule has 0 aliphatic carbocycles. The molecule has 2 heterocycles. The molecule has 0 spiro atoms. The van der Waals surface area contributed by atoms with E-state index in [4.69, 9.17) is 16.3 Å². The van der Waals surface area contributed by atoms with Gasteiger partial charge in [0.1, 0.15) is 11.6 Å². The van der Waals surface area contributed by atoms with Crippen LogP contribution in [0.2, 0.25) is 5.02 Å². The smallest absolute Gasteiger partial charge is 0.134 e. The number of ether oxygens (including phenoxy) is 1. The molecule has 0 saturated carbocycles. The van der Waals surface area contributed by atoms with Crippen LogP contribution in [0.5, 0.6) is 5.75 Å². The fourth-order valence-corrected chi connectivity index (χ4v) is 2.18. The lowest BCUT2D eigenvalue weighted by Gasteiger charge is -2.05. The second kappa shape index (κ2) is 5.18. The second-order valence-electron chi connectivity index (χ2n) is 3.13. The zero-order chi connectivity index (χ0) is 11.4. The molecule has 0 aliphatic heterocycles. The predicted octanol–water partition coefficient (Wildman–Crippen LogP) is 3.42. The molecule has 0 aliphatic rings. The van der Waals surface area contributed by atoms with Crippen LogP contribution in [0.25, 0.3) is 0 Å². The SMILES string of the molecule is COc1ccsc1CNc1ccc(Cl)cn1. The molecular weight excluding hydrogens is 244 g/mol. The Bertz CT molecular complexity index is 455. The van der Waals surface area contributed by atoms with Gasteiger partial charge in [-0.25, -0.2) is 4.98 Å². The van der Waals surface area contributed by atoms with Gasteiger partial charge in [0.2, 0.25) is 0 Å². The first-order valence-corrected chi connectivity index (χ1v) is 6.01. The Hall–Kier alpha value is -1.26. The van der Waals surface area contributed by atoms with Gasteiger partial charge in [-0.3, -0.25) is 0 Å². The van der Waals surface area contributed by atoms with Crippen LogP contribution < -0.4 is 10.1 Å². The molecule has 5 heteroatoms. The molecule has 2 rings (SSSR count). The molecule has 0 aromatic carbocycles. The van der Waals surface area contributed by atoms with Crippen molar-refractivity contribution in [3.63, 3.8) is 0 Å². The van der Waals surface area contributed by atoms with E-state index < -0.39 is 0 Å². The summed E-state index contributed by atoms with van der Waals surface area (Å²) in [6.45, 7) is 0.704. The van der Waals surface area contributed by atoms with Crippen molar-refractivity contribution in [3.8, 4) is 5.75 Å². The highest BCUT2D eigenvalue weighted by atomic mass is 35.5. The number of hydrogen-bond donors (Lipinski definition) is 1. The van der Waals surface area contributed by atoms with E-state index in [-0.39, 0.29) is 0 Å². The number of nitrogens with one attached hydrogen (secondary N) is 1. The first-order valence-electron chi connectivity index (χ1n) is 4.75. The third kappa shape index (κ3) is 2.65. The monoisotopic (exact) mass is 254 g/mol. The van der Waals surface area contributed by atoms with E-state index in [0.29, 0.717) is 11.6 Å². The minimum atomic E-state index is 0.638. The Morgan fingerprint density at radius 3 is 3.00 bits per heavy atom. The normalized spacial score (nSPS) is 10.1. The van der Waals surface area contributed by atoms with Gasteiger partial charge in [0.15, 0.2) is 0 Å². The molecule has 0 unspecified atom stereocenters. The van der Waals surface area contributed by atoms with E-state index in [0.717, 1.165) is 16.4 Å². The number of pyridine rings is 1. The minimum Gasteiger partial charge on any atom is -0.496 e. The molecule has 0 radical (unpaired) electrons. The molecule has 0 bridgehead atoms. The zero-order valence-electron chi connectivity index (χ0n) is 8.74. The third-order valence-corrected chi connectivity index (χ3v) is 3.21. The lowest BCUT2D eigenvalue weighted by Crippen LogP contribution is -2.00. The summed E-state index contributed by atoms with van der Waals surface area (Å²) in [5, 5.41) is 5.85. The Balaban J connectivity index is 1.99. The number of aromatic nitrogens is 1. The molecule has 0 saturated heterocycles. The quantitative estimate of drug-likeness (QED) is 0.908. The van der Waals surface area contributed by atoms with Gasteiger partial charge >= 0.3 is 0 Å². The predicted molar refractivity (Wildman–Crippen MR) is 67.4 cm³/mol. The summed E-state index contributed by atoms with van der Waals surface area (Å²) < 4.78 is 5.22. The fourth-order valence-electron chi connectivity index (χ4n) is 1.29. The Morgan fingerprint density at radius 2 is 2.31 bits per heavy atom. The molecule has 2 aromatic rings. The van der Waals surface area contributed by atoms with Gasteiger partial charge in [0, 0.05) is 6.20 Å². The van der Waals surface area contributed by atoms with Crippen LogP contribution >= 0.6 is 22.9 Å². The standard InChI is InChI=1S/C11H11ClN2OS/c1-15-9-4-5-16-10(9)7-14-11-3-2-8(12)6-13-11/h2-6H,7H2,1H3,(H,13,14). The van der Waals surface area contributed by atoms with Crippen molar-refractivity contribution in [2.75, 3.05) is 12.4 Å². The van der Waals surface area contributed by atoms with E-state index in [1.54, 1.807) is 24.6 Å². The maximum absolute atomic E-state index is 5.75. The van der Waals surface area contributed by atoms with Crippen LogP contribution in [-0.2, 0) is 6.54 Å². The molecule has 2 aromatic heterocycles. The highest BCUT2D eigenvalue weighted by Gasteiger charge is 2.03. The number of halogens is 1. The first kappa shape index (κ1) is 11.2. The number of hydrogen-bond acceptors (Lipinski definition) is 4. The van der Waals surface area contributed by atoms with Gasteiger partial charge in [-0.05, 0) is 23.6 Å². The van der Waals surface area contributed by atoms with Crippen LogP contribution in [-0.4, -0.2) is 12.1 Å². The summed E-state index contributed by atoms with van der Waals surface area (Å²) in [6.07, 6.45) is 1.62. The number of anilines is 1. The molecule has 0 amide bonds. The van der Waals surface area contributed by atoms with E-state index in [2.05, 4.69) is 10.3 Å². The Morgan fingerprint density at radius 1 is 1.44 bits per heavy atom. The maximum Gasteiger partial charge on any atom is 0.134 e. The number of thiophene rings is 1.